The Morgan fingerprint density at radius 1 is 1.18 bits per heavy atom. The maximum absolute atomic E-state index is 4.38. The third-order valence-corrected chi connectivity index (χ3v) is 4.91. The first-order chi connectivity index (χ1) is 10.2. The van der Waals surface area contributed by atoms with Crippen LogP contribution >= 0.6 is 24.0 Å². The van der Waals surface area contributed by atoms with Crippen molar-refractivity contribution in [1.82, 2.24) is 15.5 Å². The van der Waals surface area contributed by atoms with E-state index < -0.39 is 0 Å². The second-order valence-electron chi connectivity index (χ2n) is 6.67. The molecule has 2 aliphatic rings. The van der Waals surface area contributed by atoms with E-state index in [0.29, 0.717) is 12.1 Å². The molecule has 0 bridgehead atoms. The second-order valence-corrected chi connectivity index (χ2v) is 6.67. The maximum atomic E-state index is 4.38. The molecule has 128 valence electrons. The zero-order chi connectivity index (χ0) is 15.1. The Balaban J connectivity index is 0.00000242. The Morgan fingerprint density at radius 3 is 2.36 bits per heavy atom. The Kier molecular flexibility index (Phi) is 9.40. The Bertz CT molecular complexity index is 354. The number of nitrogens with zero attached hydrogens (tertiary/aromatic N) is 2. The number of halogens is 1. The van der Waals surface area contributed by atoms with Crippen LogP contribution in [-0.4, -0.2) is 50.6 Å². The van der Waals surface area contributed by atoms with Gasteiger partial charge in [-0.3, -0.25) is 4.99 Å². The molecule has 0 heterocycles. The molecule has 0 radical (unpaired) electrons. The van der Waals surface area contributed by atoms with Crippen LogP contribution in [0.25, 0.3) is 0 Å². The Hall–Kier alpha value is -0.300. The largest absolute Gasteiger partial charge is 0.355 e. The van der Waals surface area contributed by atoms with Gasteiger partial charge in [0, 0.05) is 25.7 Å². The van der Waals surface area contributed by atoms with Gasteiger partial charge in [-0.05, 0) is 45.7 Å². The molecular weight excluding hydrogens is 387 g/mol. The van der Waals surface area contributed by atoms with Crippen molar-refractivity contribution in [2.24, 2.45) is 10.9 Å². The quantitative estimate of drug-likeness (QED) is 0.311. The van der Waals surface area contributed by atoms with E-state index in [1.54, 1.807) is 0 Å². The molecule has 1 atom stereocenters. The van der Waals surface area contributed by atoms with E-state index in [2.05, 4.69) is 46.8 Å². The molecule has 0 saturated heterocycles. The van der Waals surface area contributed by atoms with Gasteiger partial charge in [0.2, 0.25) is 0 Å². The molecule has 2 rings (SSSR count). The first kappa shape index (κ1) is 19.7. The molecule has 0 aromatic heterocycles. The number of hydrogen-bond acceptors (Lipinski definition) is 2. The number of hydrogen-bond donors (Lipinski definition) is 2. The van der Waals surface area contributed by atoms with Crippen LogP contribution in [0, 0.1) is 5.92 Å². The summed E-state index contributed by atoms with van der Waals surface area (Å²) in [5, 5.41) is 7.07. The lowest BCUT2D eigenvalue weighted by molar-refractivity contribution is 0.171. The summed E-state index contributed by atoms with van der Waals surface area (Å²) in [5.41, 5.74) is 0. The van der Waals surface area contributed by atoms with Crippen molar-refractivity contribution in [3.05, 3.63) is 12.2 Å². The van der Waals surface area contributed by atoms with Crippen LogP contribution in [0.15, 0.2) is 17.1 Å². The van der Waals surface area contributed by atoms with Crippen molar-refractivity contribution in [2.45, 2.75) is 57.0 Å². The van der Waals surface area contributed by atoms with E-state index in [1.807, 2.05) is 7.05 Å². The van der Waals surface area contributed by atoms with E-state index in [1.165, 1.54) is 32.1 Å². The van der Waals surface area contributed by atoms with Gasteiger partial charge in [0.05, 0.1) is 0 Å². The lowest BCUT2D eigenvalue weighted by Crippen LogP contribution is -2.50. The summed E-state index contributed by atoms with van der Waals surface area (Å²) in [7, 11) is 6.28. The summed E-state index contributed by atoms with van der Waals surface area (Å²) in [5.74, 6) is 1.78. The van der Waals surface area contributed by atoms with Gasteiger partial charge in [-0.25, -0.2) is 0 Å². The minimum atomic E-state index is 0. The van der Waals surface area contributed by atoms with Crippen LogP contribution in [0.1, 0.15) is 44.9 Å². The van der Waals surface area contributed by atoms with Crippen LogP contribution in [0.3, 0.4) is 0 Å². The molecule has 22 heavy (non-hydrogen) atoms. The molecule has 2 aliphatic carbocycles. The van der Waals surface area contributed by atoms with Crippen molar-refractivity contribution >= 4 is 29.9 Å². The third-order valence-electron chi connectivity index (χ3n) is 4.91. The normalized spacial score (nSPS) is 21.7. The molecule has 0 aromatic carbocycles. The topological polar surface area (TPSA) is 39.7 Å². The summed E-state index contributed by atoms with van der Waals surface area (Å²) in [6.45, 7) is 0.984. The minimum absolute atomic E-state index is 0. The molecule has 5 heteroatoms. The monoisotopic (exact) mass is 420 g/mol. The molecule has 1 saturated carbocycles. The number of guanidine groups is 1. The summed E-state index contributed by atoms with van der Waals surface area (Å²) in [4.78, 5) is 6.76. The van der Waals surface area contributed by atoms with E-state index in [9.17, 15) is 0 Å². The molecular formula is C17H33IN4. The average Bonchev–Trinajstić information content (AvgIpc) is 3.00. The highest BCUT2D eigenvalue weighted by molar-refractivity contribution is 14.0. The van der Waals surface area contributed by atoms with E-state index >= 15 is 0 Å². The number of nitrogens with one attached hydrogen (secondary N) is 2. The zero-order valence-electron chi connectivity index (χ0n) is 14.3. The van der Waals surface area contributed by atoms with Crippen molar-refractivity contribution in [3.63, 3.8) is 0 Å². The highest BCUT2D eigenvalue weighted by Crippen LogP contribution is 2.28. The number of likely N-dealkylation sites (N-methyl/N-ethyl adjacent to an activating group) is 1. The predicted octanol–water partition coefficient (Wildman–Crippen LogP) is 3.00. The maximum Gasteiger partial charge on any atom is 0.191 e. The fourth-order valence-electron chi connectivity index (χ4n) is 3.61. The highest BCUT2D eigenvalue weighted by atomic mass is 127. The summed E-state index contributed by atoms with van der Waals surface area (Å²) >= 11 is 0. The molecule has 1 unspecified atom stereocenters. The van der Waals surface area contributed by atoms with Crippen molar-refractivity contribution in [3.8, 4) is 0 Å². The van der Waals surface area contributed by atoms with Gasteiger partial charge in [0.1, 0.15) is 0 Å². The first-order valence-corrected chi connectivity index (χ1v) is 8.49. The molecule has 4 nitrogen and oxygen atoms in total. The van der Waals surface area contributed by atoms with Gasteiger partial charge < -0.3 is 15.5 Å². The summed E-state index contributed by atoms with van der Waals surface area (Å²) < 4.78 is 0. The van der Waals surface area contributed by atoms with Gasteiger partial charge in [-0.1, -0.05) is 31.4 Å². The minimum Gasteiger partial charge on any atom is -0.355 e. The van der Waals surface area contributed by atoms with Gasteiger partial charge in [0.15, 0.2) is 5.96 Å². The van der Waals surface area contributed by atoms with E-state index in [0.717, 1.165) is 31.3 Å². The van der Waals surface area contributed by atoms with Crippen molar-refractivity contribution < 1.29 is 0 Å². The molecule has 0 aromatic rings. The molecule has 1 fully saturated rings. The summed E-state index contributed by atoms with van der Waals surface area (Å²) in [6, 6.07) is 1.12. The van der Waals surface area contributed by atoms with Crippen LogP contribution < -0.4 is 10.6 Å². The molecule has 0 aliphatic heterocycles. The second kappa shape index (κ2) is 10.5. The van der Waals surface area contributed by atoms with E-state index in [-0.39, 0.29) is 24.0 Å². The van der Waals surface area contributed by atoms with Gasteiger partial charge in [-0.2, -0.15) is 0 Å². The fourth-order valence-corrected chi connectivity index (χ4v) is 3.61. The van der Waals surface area contributed by atoms with Gasteiger partial charge in [-0.15, -0.1) is 24.0 Å². The van der Waals surface area contributed by atoms with Crippen LogP contribution in [0.2, 0.25) is 0 Å². The van der Waals surface area contributed by atoms with Gasteiger partial charge >= 0.3 is 0 Å². The molecule has 0 amide bonds. The zero-order valence-corrected chi connectivity index (χ0v) is 16.7. The standard InChI is InChI=1S/C17H32N4.HI/c1-18-17(20-15-11-7-8-12-15)19-13-16(21(2)3)14-9-5-4-6-10-14;/h7-8,14-16H,4-6,9-13H2,1-3H3,(H2,18,19,20);1H. The average molecular weight is 420 g/mol. The van der Waals surface area contributed by atoms with Crippen LogP contribution in [0.5, 0.6) is 0 Å². The fraction of sp³-hybridized carbons (Fsp3) is 0.824. The lowest BCUT2D eigenvalue weighted by atomic mass is 9.83. The third kappa shape index (κ3) is 6.07. The van der Waals surface area contributed by atoms with Gasteiger partial charge in [0.25, 0.3) is 0 Å². The van der Waals surface area contributed by atoms with Crippen molar-refractivity contribution in [1.29, 1.82) is 0 Å². The van der Waals surface area contributed by atoms with Crippen LogP contribution in [-0.2, 0) is 0 Å². The lowest BCUT2D eigenvalue weighted by Gasteiger charge is -2.35. The number of rotatable bonds is 5. The van der Waals surface area contributed by atoms with E-state index in [4.69, 9.17) is 0 Å². The first-order valence-electron chi connectivity index (χ1n) is 8.49. The molecule has 0 spiro atoms. The highest BCUT2D eigenvalue weighted by Gasteiger charge is 2.25. The number of aliphatic imine (C=N–C) groups is 1. The Morgan fingerprint density at radius 2 is 1.82 bits per heavy atom. The Labute approximate surface area is 153 Å². The van der Waals surface area contributed by atoms with Crippen LogP contribution in [0.4, 0.5) is 0 Å². The van der Waals surface area contributed by atoms with Crippen molar-refractivity contribution in [2.75, 3.05) is 27.7 Å². The predicted molar refractivity (Wildman–Crippen MR) is 106 cm³/mol. The summed E-state index contributed by atoms with van der Waals surface area (Å²) in [6.07, 6.45) is 13.7. The molecule has 2 N–H and O–H groups in total. The SMILES string of the molecule is CN=C(NCC(C1CCCCC1)N(C)C)NC1CC=CC1.I. The smallest absolute Gasteiger partial charge is 0.191 e.